The van der Waals surface area contributed by atoms with Crippen LogP contribution in [-0.2, 0) is 22.6 Å². The van der Waals surface area contributed by atoms with Crippen LogP contribution in [0.5, 0.6) is 17.2 Å². The number of carbonyl (C=O) groups is 2. The zero-order chi connectivity index (χ0) is 31.1. The third-order valence-corrected chi connectivity index (χ3v) is 7.94. The number of benzene rings is 1. The summed E-state index contributed by atoms with van der Waals surface area (Å²) in [5.74, 6) is 0.955. The number of ether oxygens (including phenoxy) is 3. The van der Waals surface area contributed by atoms with E-state index in [1.54, 1.807) is 45.9 Å². The average Bonchev–Trinajstić information content (AvgIpc) is 3.25. The van der Waals surface area contributed by atoms with Crippen molar-refractivity contribution in [3.8, 4) is 28.4 Å². The number of rotatable bonds is 11. The fraction of sp³-hybridized carbons (Fsp3) is 0.394. The summed E-state index contributed by atoms with van der Waals surface area (Å²) in [5, 5.41) is 9.24. The maximum absolute atomic E-state index is 13.8. The number of anilines is 1. The Labute approximate surface area is 252 Å². The highest BCUT2D eigenvalue weighted by atomic mass is 16.5. The second-order valence-electron chi connectivity index (χ2n) is 10.7. The number of methoxy groups -OCH3 is 3. The lowest BCUT2D eigenvalue weighted by Gasteiger charge is -2.24. The molecule has 0 bridgehead atoms. The van der Waals surface area contributed by atoms with Gasteiger partial charge in [-0.15, -0.1) is 0 Å². The van der Waals surface area contributed by atoms with Crippen molar-refractivity contribution >= 4 is 17.5 Å². The smallest absolute Gasteiger partial charge is 0.243 e. The lowest BCUT2D eigenvalue weighted by molar-refractivity contribution is -0.123. The molecule has 2 aromatic carbocycles. The number of hydrogen-bond donors (Lipinski definition) is 3. The van der Waals surface area contributed by atoms with Crippen molar-refractivity contribution in [2.45, 2.75) is 58.7 Å². The van der Waals surface area contributed by atoms with Crippen LogP contribution in [0.15, 0.2) is 53.6 Å². The quantitative estimate of drug-likeness (QED) is 0.301. The molecule has 1 aromatic heterocycles. The van der Waals surface area contributed by atoms with Gasteiger partial charge >= 0.3 is 0 Å². The van der Waals surface area contributed by atoms with E-state index in [0.717, 1.165) is 28.7 Å². The van der Waals surface area contributed by atoms with Gasteiger partial charge in [0.1, 0.15) is 6.04 Å². The van der Waals surface area contributed by atoms with Gasteiger partial charge < -0.3 is 30.2 Å². The summed E-state index contributed by atoms with van der Waals surface area (Å²) in [6, 6.07) is 9.60. The molecule has 1 aliphatic carbocycles. The van der Waals surface area contributed by atoms with Gasteiger partial charge in [0.25, 0.3) is 0 Å². The molecule has 0 aliphatic heterocycles. The molecule has 43 heavy (non-hydrogen) atoms. The Hall–Kier alpha value is -4.60. The molecule has 0 saturated heterocycles. The fourth-order valence-corrected chi connectivity index (χ4v) is 5.50. The second-order valence-corrected chi connectivity index (χ2v) is 10.7. The number of aromatic nitrogens is 1. The molecular weight excluding hydrogens is 548 g/mol. The number of aryl methyl sites for hydroxylation is 1. The number of nitrogens with zero attached hydrogens (tertiary/aromatic N) is 1. The zero-order valence-electron chi connectivity index (χ0n) is 25.6. The molecule has 0 fully saturated rings. The van der Waals surface area contributed by atoms with Crippen molar-refractivity contribution in [1.82, 2.24) is 15.6 Å². The van der Waals surface area contributed by atoms with Crippen molar-refractivity contribution in [1.29, 1.82) is 0 Å². The summed E-state index contributed by atoms with van der Waals surface area (Å²) in [6.45, 7) is 5.78. The molecule has 2 amide bonds. The summed E-state index contributed by atoms with van der Waals surface area (Å²) in [5.41, 5.74) is 3.98. The monoisotopic (exact) mass is 588 g/mol. The summed E-state index contributed by atoms with van der Waals surface area (Å²) >= 11 is 0. The van der Waals surface area contributed by atoms with E-state index in [-0.39, 0.29) is 28.8 Å². The first-order valence-electron chi connectivity index (χ1n) is 14.4. The van der Waals surface area contributed by atoms with E-state index in [1.807, 2.05) is 38.1 Å². The molecule has 0 saturated carbocycles. The molecule has 228 valence electrons. The van der Waals surface area contributed by atoms with Crippen LogP contribution in [0.1, 0.15) is 56.3 Å². The largest absolute Gasteiger partial charge is 0.493 e. The van der Waals surface area contributed by atoms with E-state index in [1.165, 1.54) is 6.92 Å². The third-order valence-electron chi connectivity index (χ3n) is 7.94. The average molecular weight is 589 g/mol. The first-order valence-corrected chi connectivity index (χ1v) is 14.4. The molecular formula is C33H40N4O6. The van der Waals surface area contributed by atoms with Crippen molar-refractivity contribution in [3.05, 3.63) is 75.7 Å². The van der Waals surface area contributed by atoms with Crippen LogP contribution in [0.25, 0.3) is 11.1 Å². The molecule has 10 nitrogen and oxygen atoms in total. The summed E-state index contributed by atoms with van der Waals surface area (Å²) in [6.07, 6.45) is 5.23. The molecule has 3 atom stereocenters. The lowest BCUT2D eigenvalue weighted by atomic mass is 9.95. The molecule has 3 unspecified atom stereocenters. The number of fused-ring (bicyclic) bond motifs is 3. The van der Waals surface area contributed by atoms with Gasteiger partial charge in [0.2, 0.25) is 23.0 Å². The number of amides is 2. The van der Waals surface area contributed by atoms with Gasteiger partial charge in [-0.3, -0.25) is 19.4 Å². The maximum Gasteiger partial charge on any atom is 0.243 e. The normalized spacial score (nSPS) is 15.1. The molecule has 0 spiro atoms. The third kappa shape index (κ3) is 6.90. The first kappa shape index (κ1) is 31.3. The standard InChI is InChI=1S/C33H40N4O6/c1-7-19(2)30(33(40)35-18-21-12-14-34-15-13-21)37-26-11-9-23-24(17-27(26)39)25(36-20(3)38)10-8-22-16-28(41-4)31(42-5)32(43-6)29(22)23/h9,11-17,19,25,30H,7-8,10,18H2,1-6H3,(H,35,40)(H,36,38)(H,37,39). The number of hydrogen-bond acceptors (Lipinski definition) is 8. The lowest BCUT2D eigenvalue weighted by Crippen LogP contribution is -2.44. The van der Waals surface area contributed by atoms with Gasteiger partial charge in [-0.25, -0.2) is 0 Å². The van der Waals surface area contributed by atoms with Crippen molar-refractivity contribution in [2.24, 2.45) is 5.92 Å². The molecule has 1 aliphatic rings. The summed E-state index contributed by atoms with van der Waals surface area (Å²) in [4.78, 5) is 43.4. The Bertz CT molecular complexity index is 1530. The Balaban J connectivity index is 1.82. The highest BCUT2D eigenvalue weighted by molar-refractivity contribution is 5.86. The van der Waals surface area contributed by atoms with Gasteiger partial charge in [0, 0.05) is 31.4 Å². The van der Waals surface area contributed by atoms with E-state index < -0.39 is 12.1 Å². The van der Waals surface area contributed by atoms with Crippen molar-refractivity contribution in [3.63, 3.8) is 0 Å². The van der Waals surface area contributed by atoms with E-state index >= 15 is 0 Å². The molecule has 0 radical (unpaired) electrons. The van der Waals surface area contributed by atoms with E-state index in [4.69, 9.17) is 14.2 Å². The molecule has 3 aromatic rings. The van der Waals surface area contributed by atoms with E-state index in [2.05, 4.69) is 20.9 Å². The molecule has 10 heteroatoms. The molecule has 4 rings (SSSR count). The van der Waals surface area contributed by atoms with Crippen LogP contribution >= 0.6 is 0 Å². The van der Waals surface area contributed by atoms with Crippen LogP contribution in [0.2, 0.25) is 0 Å². The first-order chi connectivity index (χ1) is 20.7. The topological polar surface area (TPSA) is 128 Å². The fourth-order valence-electron chi connectivity index (χ4n) is 5.50. The minimum atomic E-state index is -0.654. The van der Waals surface area contributed by atoms with E-state index in [0.29, 0.717) is 42.2 Å². The molecule has 3 N–H and O–H groups in total. The number of pyridine rings is 1. The second kappa shape index (κ2) is 14.0. The van der Waals surface area contributed by atoms with Gasteiger partial charge in [-0.1, -0.05) is 26.3 Å². The van der Waals surface area contributed by atoms with Gasteiger partial charge in [-0.2, -0.15) is 0 Å². The summed E-state index contributed by atoms with van der Waals surface area (Å²) < 4.78 is 17.1. The van der Waals surface area contributed by atoms with Gasteiger partial charge in [0.15, 0.2) is 11.5 Å². The van der Waals surface area contributed by atoms with Crippen LogP contribution in [0.4, 0.5) is 5.69 Å². The van der Waals surface area contributed by atoms with Crippen LogP contribution in [0.3, 0.4) is 0 Å². The van der Waals surface area contributed by atoms with Crippen LogP contribution < -0.4 is 35.6 Å². The maximum atomic E-state index is 13.8. The highest BCUT2D eigenvalue weighted by Gasteiger charge is 2.30. The molecule has 1 heterocycles. The Morgan fingerprint density at radius 2 is 1.74 bits per heavy atom. The van der Waals surface area contributed by atoms with Crippen LogP contribution in [-0.4, -0.2) is 44.2 Å². The van der Waals surface area contributed by atoms with Gasteiger partial charge in [-0.05, 0) is 71.3 Å². The predicted molar refractivity (Wildman–Crippen MR) is 166 cm³/mol. The number of carbonyl (C=O) groups excluding carboxylic acids is 2. The van der Waals surface area contributed by atoms with Gasteiger partial charge in [0.05, 0.1) is 33.1 Å². The minimum absolute atomic E-state index is 0.0650. The summed E-state index contributed by atoms with van der Waals surface area (Å²) in [7, 11) is 4.67. The van der Waals surface area contributed by atoms with E-state index in [9.17, 15) is 14.4 Å². The van der Waals surface area contributed by atoms with Crippen LogP contribution in [0, 0.1) is 5.92 Å². The Kier molecular flexibility index (Phi) is 10.2. The zero-order valence-corrected chi connectivity index (χ0v) is 25.6. The SMILES string of the molecule is CCC(C)C(Nc1ccc2c(cc1=O)C(NC(C)=O)CCc1cc(OC)c(OC)c(OC)c1-2)C(=O)NCc1ccncc1. The Morgan fingerprint density at radius 3 is 2.37 bits per heavy atom. The number of nitrogens with one attached hydrogen (secondary N) is 3. The minimum Gasteiger partial charge on any atom is -0.493 e. The highest BCUT2D eigenvalue weighted by Crippen LogP contribution is 2.50. The Morgan fingerprint density at radius 1 is 1.02 bits per heavy atom. The van der Waals surface area contributed by atoms with Crippen molar-refractivity contribution < 1.29 is 23.8 Å². The predicted octanol–water partition coefficient (Wildman–Crippen LogP) is 4.40. The van der Waals surface area contributed by atoms with Crippen molar-refractivity contribution in [2.75, 3.05) is 26.6 Å².